The SMILES string of the molecule is COC(=O)C(CC(C)C)NS(=O)(=O)c1ccc(OC)cc1. The fourth-order valence-corrected chi connectivity index (χ4v) is 3.01. The minimum atomic E-state index is -3.79. The van der Waals surface area contributed by atoms with Crippen molar-refractivity contribution in [3.05, 3.63) is 24.3 Å². The van der Waals surface area contributed by atoms with Gasteiger partial charge in [-0.05, 0) is 36.6 Å². The molecule has 0 fully saturated rings. The van der Waals surface area contributed by atoms with E-state index in [2.05, 4.69) is 9.46 Å². The van der Waals surface area contributed by atoms with Crippen LogP contribution in [0, 0.1) is 5.92 Å². The molecule has 0 saturated heterocycles. The van der Waals surface area contributed by atoms with Gasteiger partial charge in [-0.1, -0.05) is 13.8 Å². The van der Waals surface area contributed by atoms with E-state index in [1.165, 1.54) is 26.4 Å². The van der Waals surface area contributed by atoms with Gasteiger partial charge in [0.1, 0.15) is 11.8 Å². The second-order valence-corrected chi connectivity index (χ2v) is 6.72. The van der Waals surface area contributed by atoms with E-state index in [0.717, 1.165) is 0 Å². The van der Waals surface area contributed by atoms with Gasteiger partial charge in [0.25, 0.3) is 0 Å². The van der Waals surface area contributed by atoms with E-state index in [-0.39, 0.29) is 10.8 Å². The predicted molar refractivity (Wildman–Crippen MR) is 78.6 cm³/mol. The van der Waals surface area contributed by atoms with Gasteiger partial charge in [-0.3, -0.25) is 4.79 Å². The number of esters is 1. The molecule has 0 spiro atoms. The molecule has 0 amide bonds. The molecule has 1 aromatic rings. The molecular formula is C14H21NO5S. The Hall–Kier alpha value is -1.60. The average Bonchev–Trinajstić information content (AvgIpc) is 2.45. The van der Waals surface area contributed by atoms with E-state index in [1.807, 2.05) is 13.8 Å². The number of carbonyl (C=O) groups is 1. The molecule has 0 radical (unpaired) electrons. The summed E-state index contributed by atoms with van der Waals surface area (Å²) < 4.78 is 36.6. The fraction of sp³-hybridized carbons (Fsp3) is 0.500. The summed E-state index contributed by atoms with van der Waals surface area (Å²) in [4.78, 5) is 11.8. The first-order chi connectivity index (χ1) is 9.80. The maximum atomic E-state index is 12.3. The van der Waals surface area contributed by atoms with Crippen LogP contribution in [0.3, 0.4) is 0 Å². The zero-order chi connectivity index (χ0) is 16.0. The highest BCUT2D eigenvalue weighted by molar-refractivity contribution is 7.89. The lowest BCUT2D eigenvalue weighted by atomic mass is 10.1. The smallest absolute Gasteiger partial charge is 0.323 e. The number of nitrogens with one attached hydrogen (secondary N) is 1. The Morgan fingerprint density at radius 3 is 2.19 bits per heavy atom. The number of methoxy groups -OCH3 is 2. The first-order valence-corrected chi connectivity index (χ1v) is 8.02. The second-order valence-electron chi connectivity index (χ2n) is 5.00. The average molecular weight is 315 g/mol. The van der Waals surface area contributed by atoms with Crippen molar-refractivity contribution in [2.75, 3.05) is 14.2 Å². The highest BCUT2D eigenvalue weighted by Crippen LogP contribution is 2.17. The van der Waals surface area contributed by atoms with Crippen LogP contribution in [-0.2, 0) is 19.6 Å². The van der Waals surface area contributed by atoms with Crippen molar-refractivity contribution in [2.24, 2.45) is 5.92 Å². The van der Waals surface area contributed by atoms with Crippen LogP contribution in [0.2, 0.25) is 0 Å². The standard InChI is InChI=1S/C14H21NO5S/c1-10(2)9-13(14(16)20-4)15-21(17,18)12-7-5-11(19-3)6-8-12/h5-8,10,13,15H,9H2,1-4H3. The summed E-state index contributed by atoms with van der Waals surface area (Å²) in [6.07, 6.45) is 0.363. The number of rotatable bonds is 7. The third kappa shape index (κ3) is 5.02. The molecule has 1 rings (SSSR count). The molecule has 1 atom stereocenters. The summed E-state index contributed by atoms with van der Waals surface area (Å²) in [7, 11) is -1.06. The lowest BCUT2D eigenvalue weighted by Crippen LogP contribution is -2.42. The van der Waals surface area contributed by atoms with Crippen molar-refractivity contribution >= 4 is 16.0 Å². The van der Waals surface area contributed by atoms with Gasteiger partial charge in [-0.15, -0.1) is 0 Å². The van der Waals surface area contributed by atoms with Crippen LogP contribution in [-0.4, -0.2) is 34.6 Å². The molecule has 21 heavy (non-hydrogen) atoms. The Balaban J connectivity index is 2.96. The quantitative estimate of drug-likeness (QED) is 0.772. The molecule has 1 aromatic carbocycles. The van der Waals surface area contributed by atoms with Crippen LogP contribution >= 0.6 is 0 Å². The van der Waals surface area contributed by atoms with E-state index in [4.69, 9.17) is 4.74 Å². The monoisotopic (exact) mass is 315 g/mol. The summed E-state index contributed by atoms with van der Waals surface area (Å²) in [6, 6.07) is 5.03. The van der Waals surface area contributed by atoms with Crippen molar-refractivity contribution in [3.8, 4) is 5.75 Å². The molecule has 0 heterocycles. The summed E-state index contributed by atoms with van der Waals surface area (Å²) in [5.41, 5.74) is 0. The Labute approximate surface area is 125 Å². The first kappa shape index (κ1) is 17.5. The van der Waals surface area contributed by atoms with Gasteiger partial charge in [0, 0.05) is 0 Å². The third-order valence-corrected chi connectivity index (χ3v) is 4.35. The third-order valence-electron chi connectivity index (χ3n) is 2.86. The lowest BCUT2D eigenvalue weighted by Gasteiger charge is -2.18. The van der Waals surface area contributed by atoms with E-state index < -0.39 is 22.0 Å². The fourth-order valence-electron chi connectivity index (χ4n) is 1.82. The molecule has 0 aliphatic carbocycles. The topological polar surface area (TPSA) is 81.7 Å². The van der Waals surface area contributed by atoms with Crippen LogP contribution in [0.1, 0.15) is 20.3 Å². The molecule has 0 saturated carbocycles. The normalized spacial score (nSPS) is 13.0. The van der Waals surface area contributed by atoms with Gasteiger partial charge in [0.2, 0.25) is 10.0 Å². The van der Waals surface area contributed by atoms with Crippen LogP contribution in [0.4, 0.5) is 0 Å². The number of hydrogen-bond acceptors (Lipinski definition) is 5. The largest absolute Gasteiger partial charge is 0.497 e. The molecule has 1 unspecified atom stereocenters. The molecule has 0 bridgehead atoms. The number of sulfonamides is 1. The Morgan fingerprint density at radius 2 is 1.76 bits per heavy atom. The molecule has 0 aliphatic rings. The number of carbonyl (C=O) groups excluding carboxylic acids is 1. The lowest BCUT2D eigenvalue weighted by molar-refractivity contribution is -0.143. The van der Waals surface area contributed by atoms with Crippen molar-refractivity contribution in [1.29, 1.82) is 0 Å². The molecule has 118 valence electrons. The van der Waals surface area contributed by atoms with Crippen molar-refractivity contribution < 1.29 is 22.7 Å². The van der Waals surface area contributed by atoms with Crippen LogP contribution in [0.15, 0.2) is 29.2 Å². The van der Waals surface area contributed by atoms with Gasteiger partial charge in [0.15, 0.2) is 0 Å². The second kappa shape index (κ2) is 7.42. The molecule has 7 heteroatoms. The van der Waals surface area contributed by atoms with Gasteiger partial charge in [-0.2, -0.15) is 4.72 Å². The molecular weight excluding hydrogens is 294 g/mol. The van der Waals surface area contributed by atoms with Gasteiger partial charge in [-0.25, -0.2) is 8.42 Å². The summed E-state index contributed by atoms with van der Waals surface area (Å²) in [6.45, 7) is 3.80. The molecule has 0 aromatic heterocycles. The Bertz CT molecular complexity index is 566. The van der Waals surface area contributed by atoms with Crippen molar-refractivity contribution in [3.63, 3.8) is 0 Å². The van der Waals surface area contributed by atoms with Crippen LogP contribution < -0.4 is 9.46 Å². The van der Waals surface area contributed by atoms with Gasteiger partial charge >= 0.3 is 5.97 Å². The summed E-state index contributed by atoms with van der Waals surface area (Å²) in [5.74, 6) is 0.106. The predicted octanol–water partition coefficient (Wildman–Crippen LogP) is 1.56. The van der Waals surface area contributed by atoms with Crippen molar-refractivity contribution in [2.45, 2.75) is 31.2 Å². The molecule has 1 N–H and O–H groups in total. The zero-order valence-electron chi connectivity index (χ0n) is 12.6. The maximum absolute atomic E-state index is 12.3. The molecule has 6 nitrogen and oxygen atoms in total. The Kier molecular flexibility index (Phi) is 6.17. The minimum Gasteiger partial charge on any atom is -0.497 e. The van der Waals surface area contributed by atoms with Crippen molar-refractivity contribution in [1.82, 2.24) is 4.72 Å². The summed E-state index contributed by atoms with van der Waals surface area (Å²) in [5, 5.41) is 0. The van der Waals surface area contributed by atoms with E-state index in [1.54, 1.807) is 12.1 Å². The summed E-state index contributed by atoms with van der Waals surface area (Å²) >= 11 is 0. The molecule has 0 aliphatic heterocycles. The highest BCUT2D eigenvalue weighted by Gasteiger charge is 2.27. The van der Waals surface area contributed by atoms with Crippen LogP contribution in [0.25, 0.3) is 0 Å². The van der Waals surface area contributed by atoms with Crippen LogP contribution in [0.5, 0.6) is 5.75 Å². The zero-order valence-corrected chi connectivity index (χ0v) is 13.4. The number of hydrogen-bond donors (Lipinski definition) is 1. The van der Waals surface area contributed by atoms with E-state index >= 15 is 0 Å². The van der Waals surface area contributed by atoms with Gasteiger partial charge in [0.05, 0.1) is 19.1 Å². The number of benzene rings is 1. The van der Waals surface area contributed by atoms with E-state index in [0.29, 0.717) is 12.2 Å². The van der Waals surface area contributed by atoms with Gasteiger partial charge < -0.3 is 9.47 Å². The van der Waals surface area contributed by atoms with E-state index in [9.17, 15) is 13.2 Å². The Morgan fingerprint density at radius 1 is 1.19 bits per heavy atom. The highest BCUT2D eigenvalue weighted by atomic mass is 32.2. The minimum absolute atomic E-state index is 0.0703. The first-order valence-electron chi connectivity index (χ1n) is 6.54. The maximum Gasteiger partial charge on any atom is 0.323 e. The number of ether oxygens (including phenoxy) is 2.